The molecule has 0 unspecified atom stereocenters. The summed E-state index contributed by atoms with van der Waals surface area (Å²) >= 11 is 0. The van der Waals surface area contributed by atoms with Crippen LogP contribution in [0.3, 0.4) is 0 Å². The van der Waals surface area contributed by atoms with Gasteiger partial charge in [0.2, 0.25) is 0 Å². The maximum Gasteiger partial charge on any atom is 0.117 e. The highest BCUT2D eigenvalue weighted by molar-refractivity contribution is 5.99. The van der Waals surface area contributed by atoms with Crippen LogP contribution in [-0.4, -0.2) is 15.7 Å². The summed E-state index contributed by atoms with van der Waals surface area (Å²) in [5, 5.41) is 0. The van der Waals surface area contributed by atoms with E-state index in [9.17, 15) is 0 Å². The highest BCUT2D eigenvalue weighted by atomic mass is 15.4. The highest BCUT2D eigenvalue weighted by Crippen LogP contribution is 2.50. The van der Waals surface area contributed by atoms with E-state index in [2.05, 4.69) is 107 Å². The van der Waals surface area contributed by atoms with E-state index < -0.39 is 0 Å². The smallest absolute Gasteiger partial charge is 0.117 e. The van der Waals surface area contributed by atoms with Crippen LogP contribution in [0.1, 0.15) is 18.3 Å². The third-order valence-corrected chi connectivity index (χ3v) is 6.08. The zero-order valence-corrected chi connectivity index (χ0v) is 16.6. The lowest BCUT2D eigenvalue weighted by molar-refractivity contribution is 0.760. The summed E-state index contributed by atoms with van der Waals surface area (Å²) < 4.78 is 2.26. The molecule has 3 aromatic carbocycles. The molecular weight excluding hydrogens is 356 g/mol. The van der Waals surface area contributed by atoms with Gasteiger partial charge in [-0.05, 0) is 49.7 Å². The first-order chi connectivity index (χ1) is 14.2. The molecule has 0 amide bonds. The third kappa shape index (κ3) is 2.23. The number of hydrogen-bond acceptors (Lipinski definition) is 3. The molecule has 4 heteroatoms. The largest absolute Gasteiger partial charge is 0.319 e. The molecule has 0 saturated heterocycles. The molecule has 4 aromatic rings. The fraction of sp³-hybridized carbons (Fsp3) is 0.160. The minimum atomic E-state index is 0.149. The van der Waals surface area contributed by atoms with E-state index in [1.165, 1.54) is 33.8 Å². The van der Waals surface area contributed by atoms with Gasteiger partial charge in [0, 0.05) is 18.3 Å². The maximum atomic E-state index is 4.88. The van der Waals surface area contributed by atoms with Gasteiger partial charge in [-0.15, -0.1) is 0 Å². The van der Waals surface area contributed by atoms with Crippen LogP contribution in [0.4, 0.5) is 22.7 Å². The van der Waals surface area contributed by atoms with Gasteiger partial charge in [-0.3, -0.25) is 0 Å². The number of para-hydroxylation sites is 3. The van der Waals surface area contributed by atoms with Crippen LogP contribution in [0.5, 0.6) is 0 Å². The molecule has 6 rings (SSSR count). The van der Waals surface area contributed by atoms with E-state index in [1.54, 1.807) is 0 Å². The van der Waals surface area contributed by atoms with Crippen molar-refractivity contribution in [3.05, 3.63) is 84.2 Å². The molecular formula is C25H22N4. The van der Waals surface area contributed by atoms with Crippen LogP contribution < -0.4 is 9.80 Å². The van der Waals surface area contributed by atoms with Crippen molar-refractivity contribution in [2.75, 3.05) is 9.80 Å². The molecule has 0 fully saturated rings. The molecule has 0 N–H and O–H groups in total. The number of nitrogens with zero attached hydrogens (tertiary/aromatic N) is 4. The molecule has 0 aliphatic carbocycles. The van der Waals surface area contributed by atoms with Gasteiger partial charge in [0.25, 0.3) is 0 Å². The van der Waals surface area contributed by atoms with Crippen molar-refractivity contribution in [1.29, 1.82) is 0 Å². The number of allylic oxidation sites excluding steroid dienone is 1. The fourth-order valence-electron chi connectivity index (χ4n) is 4.83. The van der Waals surface area contributed by atoms with Crippen LogP contribution >= 0.6 is 0 Å². The van der Waals surface area contributed by atoms with Gasteiger partial charge < -0.3 is 14.4 Å². The van der Waals surface area contributed by atoms with Crippen molar-refractivity contribution in [2.45, 2.75) is 26.4 Å². The number of imidazole rings is 1. The lowest BCUT2D eigenvalue weighted by Gasteiger charge is -2.31. The number of hydrogen-bond donors (Lipinski definition) is 0. The van der Waals surface area contributed by atoms with Gasteiger partial charge in [0.15, 0.2) is 0 Å². The van der Waals surface area contributed by atoms with Gasteiger partial charge in [-0.2, -0.15) is 0 Å². The molecule has 1 aromatic heterocycles. The topological polar surface area (TPSA) is 24.3 Å². The van der Waals surface area contributed by atoms with Gasteiger partial charge in [-0.25, -0.2) is 4.98 Å². The Balaban J connectivity index is 1.63. The van der Waals surface area contributed by atoms with Crippen molar-refractivity contribution in [2.24, 2.45) is 0 Å². The lowest BCUT2D eigenvalue weighted by atomic mass is 10.1. The zero-order chi connectivity index (χ0) is 19.5. The van der Waals surface area contributed by atoms with E-state index in [0.29, 0.717) is 0 Å². The Bertz CT molecular complexity index is 1270. The maximum absolute atomic E-state index is 4.88. The molecule has 2 aliphatic heterocycles. The van der Waals surface area contributed by atoms with E-state index in [4.69, 9.17) is 4.98 Å². The van der Waals surface area contributed by atoms with E-state index in [-0.39, 0.29) is 6.17 Å². The second-order valence-electron chi connectivity index (χ2n) is 7.78. The number of anilines is 4. The standard InChI is InChI=1S/C25H22N4/c1-17-14-15-20-25(27-16-8-13-23(27)26-20)24(17)29-18(2)28(19-9-4-3-5-10-19)21-11-6-7-12-22(21)29/h3-12,14-16,18H,13H2,1-2H3/t18-/m0/s1. The van der Waals surface area contributed by atoms with Crippen LogP contribution in [0.2, 0.25) is 0 Å². The average molecular weight is 378 g/mol. The first-order valence-corrected chi connectivity index (χ1v) is 10.1. The van der Waals surface area contributed by atoms with Crippen LogP contribution in [0.15, 0.2) is 72.8 Å². The Morgan fingerprint density at radius 3 is 2.38 bits per heavy atom. The molecule has 0 spiro atoms. The molecule has 0 saturated carbocycles. The van der Waals surface area contributed by atoms with Crippen molar-refractivity contribution in [1.82, 2.24) is 9.55 Å². The van der Waals surface area contributed by atoms with Gasteiger partial charge in [0.1, 0.15) is 12.0 Å². The Hall–Kier alpha value is -3.53. The van der Waals surface area contributed by atoms with Crippen molar-refractivity contribution < 1.29 is 0 Å². The summed E-state index contributed by atoms with van der Waals surface area (Å²) in [7, 11) is 0. The normalized spacial score (nSPS) is 17.2. The second kappa shape index (κ2) is 5.98. The molecule has 0 radical (unpaired) electrons. The Morgan fingerprint density at radius 1 is 0.862 bits per heavy atom. The molecule has 3 heterocycles. The van der Waals surface area contributed by atoms with Crippen molar-refractivity contribution >= 4 is 40.0 Å². The first-order valence-electron chi connectivity index (χ1n) is 10.1. The Morgan fingerprint density at radius 2 is 1.59 bits per heavy atom. The predicted molar refractivity (Wildman–Crippen MR) is 120 cm³/mol. The summed E-state index contributed by atoms with van der Waals surface area (Å²) in [5.74, 6) is 1.12. The Kier molecular flexibility index (Phi) is 3.39. The number of fused-ring (bicyclic) bond motifs is 4. The SMILES string of the molecule is Cc1ccc2nc3n(c2c1N1c2ccccc2N(c2ccccc2)[C@@H]1C)C=CC3. The number of aromatic nitrogens is 2. The average Bonchev–Trinajstić information content (AvgIpc) is 3.40. The molecule has 142 valence electrons. The molecule has 29 heavy (non-hydrogen) atoms. The lowest BCUT2D eigenvalue weighted by Crippen LogP contribution is -2.35. The number of rotatable bonds is 2. The van der Waals surface area contributed by atoms with E-state index in [0.717, 1.165) is 17.8 Å². The van der Waals surface area contributed by atoms with Crippen molar-refractivity contribution in [3.8, 4) is 0 Å². The molecule has 1 atom stereocenters. The summed E-state index contributed by atoms with van der Waals surface area (Å²) in [6.07, 6.45) is 5.39. The highest BCUT2D eigenvalue weighted by Gasteiger charge is 2.36. The van der Waals surface area contributed by atoms with Crippen LogP contribution in [0, 0.1) is 6.92 Å². The molecule has 4 nitrogen and oxygen atoms in total. The van der Waals surface area contributed by atoms with Crippen LogP contribution in [-0.2, 0) is 6.42 Å². The van der Waals surface area contributed by atoms with E-state index in [1.807, 2.05) is 0 Å². The van der Waals surface area contributed by atoms with Gasteiger partial charge in [0.05, 0.1) is 28.1 Å². The van der Waals surface area contributed by atoms with Crippen LogP contribution in [0.25, 0.3) is 17.2 Å². The zero-order valence-electron chi connectivity index (χ0n) is 16.6. The first kappa shape index (κ1) is 16.4. The Labute approximate surface area is 170 Å². The predicted octanol–water partition coefficient (Wildman–Crippen LogP) is 6.01. The van der Waals surface area contributed by atoms with E-state index >= 15 is 0 Å². The van der Waals surface area contributed by atoms with Gasteiger partial charge in [-0.1, -0.05) is 42.5 Å². The number of aryl methyl sites for hydroxylation is 1. The fourth-order valence-corrected chi connectivity index (χ4v) is 4.83. The minimum Gasteiger partial charge on any atom is -0.319 e. The second-order valence-corrected chi connectivity index (χ2v) is 7.78. The summed E-state index contributed by atoms with van der Waals surface area (Å²) in [6, 6.07) is 23.7. The molecule has 2 aliphatic rings. The minimum absolute atomic E-state index is 0.149. The summed E-state index contributed by atoms with van der Waals surface area (Å²) in [6.45, 7) is 4.48. The number of benzene rings is 3. The monoisotopic (exact) mass is 378 g/mol. The quantitative estimate of drug-likeness (QED) is 0.427. The summed E-state index contributed by atoms with van der Waals surface area (Å²) in [5.41, 5.74) is 8.44. The molecule has 0 bridgehead atoms. The third-order valence-electron chi connectivity index (χ3n) is 6.08. The van der Waals surface area contributed by atoms with Crippen molar-refractivity contribution in [3.63, 3.8) is 0 Å². The summed E-state index contributed by atoms with van der Waals surface area (Å²) in [4.78, 5) is 9.78. The van der Waals surface area contributed by atoms with Gasteiger partial charge >= 0.3 is 0 Å².